The summed E-state index contributed by atoms with van der Waals surface area (Å²) in [6.45, 7) is 7.07. The number of benzene rings is 1. The van der Waals surface area contributed by atoms with E-state index in [9.17, 15) is 0 Å². The van der Waals surface area contributed by atoms with Gasteiger partial charge in [-0.2, -0.15) is 0 Å². The third-order valence-electron chi connectivity index (χ3n) is 3.41. The van der Waals surface area contributed by atoms with Crippen molar-refractivity contribution in [3.63, 3.8) is 0 Å². The van der Waals surface area contributed by atoms with Crippen molar-refractivity contribution in [1.82, 2.24) is 4.90 Å². The number of rotatable bonds is 1. The molecule has 0 unspecified atom stereocenters. The predicted molar refractivity (Wildman–Crippen MR) is 65.2 cm³/mol. The largest absolute Gasteiger partial charge is 0.301 e. The summed E-state index contributed by atoms with van der Waals surface area (Å²) in [5, 5.41) is 0. The van der Waals surface area contributed by atoms with Crippen LogP contribution in [0.4, 0.5) is 0 Å². The van der Waals surface area contributed by atoms with Crippen molar-refractivity contribution >= 4 is 0 Å². The van der Waals surface area contributed by atoms with E-state index < -0.39 is 0 Å². The summed E-state index contributed by atoms with van der Waals surface area (Å²) in [6, 6.07) is 9.61. The quantitative estimate of drug-likeness (QED) is 0.678. The molecule has 0 spiro atoms. The standard InChI is InChI=1S/C14H21N/c1-12(2)15-10-5-8-13-6-3-4-7-14(13)9-11-15/h3-4,6-7,12H,5,8-11H2,1-2H3. The van der Waals surface area contributed by atoms with Gasteiger partial charge in [-0.1, -0.05) is 24.3 Å². The zero-order chi connectivity index (χ0) is 10.7. The van der Waals surface area contributed by atoms with Gasteiger partial charge in [0.15, 0.2) is 0 Å². The summed E-state index contributed by atoms with van der Waals surface area (Å²) >= 11 is 0. The van der Waals surface area contributed by atoms with Crippen LogP contribution in [0.5, 0.6) is 0 Å². The maximum atomic E-state index is 2.59. The first-order valence-corrected chi connectivity index (χ1v) is 6.08. The Morgan fingerprint density at radius 2 is 1.67 bits per heavy atom. The number of fused-ring (bicyclic) bond motifs is 1. The van der Waals surface area contributed by atoms with Crippen LogP contribution in [0.2, 0.25) is 0 Å². The first-order chi connectivity index (χ1) is 7.27. The second-order valence-corrected chi connectivity index (χ2v) is 4.75. The Bertz CT molecular complexity index is 317. The maximum absolute atomic E-state index is 2.59. The lowest BCUT2D eigenvalue weighted by molar-refractivity contribution is 0.218. The van der Waals surface area contributed by atoms with Gasteiger partial charge in [-0.15, -0.1) is 0 Å². The molecule has 0 radical (unpaired) electrons. The Labute approximate surface area is 93.1 Å². The summed E-state index contributed by atoms with van der Waals surface area (Å²) < 4.78 is 0. The molecule has 0 aliphatic carbocycles. The monoisotopic (exact) mass is 203 g/mol. The molecule has 1 aromatic rings. The van der Waals surface area contributed by atoms with Crippen LogP contribution < -0.4 is 0 Å². The van der Waals surface area contributed by atoms with Crippen LogP contribution in [0.15, 0.2) is 24.3 Å². The van der Waals surface area contributed by atoms with Gasteiger partial charge in [0.2, 0.25) is 0 Å². The van der Waals surface area contributed by atoms with E-state index in [0.717, 1.165) is 0 Å². The lowest BCUT2D eigenvalue weighted by Gasteiger charge is -2.29. The first-order valence-electron chi connectivity index (χ1n) is 6.08. The molecule has 82 valence electrons. The van der Waals surface area contributed by atoms with E-state index in [1.807, 2.05) is 0 Å². The summed E-state index contributed by atoms with van der Waals surface area (Å²) in [5.74, 6) is 0. The molecule has 1 aromatic carbocycles. The van der Waals surface area contributed by atoms with E-state index >= 15 is 0 Å². The molecular weight excluding hydrogens is 182 g/mol. The highest BCUT2D eigenvalue weighted by molar-refractivity contribution is 5.28. The predicted octanol–water partition coefficient (Wildman–Crippen LogP) is 2.89. The lowest BCUT2D eigenvalue weighted by Crippen LogP contribution is -2.35. The third-order valence-corrected chi connectivity index (χ3v) is 3.41. The van der Waals surface area contributed by atoms with Gasteiger partial charge >= 0.3 is 0 Å². The highest BCUT2D eigenvalue weighted by Crippen LogP contribution is 2.16. The SMILES string of the molecule is CC(C)N1CCCc2ccccc2CC1. The van der Waals surface area contributed by atoms with Crippen LogP contribution in [0, 0.1) is 0 Å². The van der Waals surface area contributed by atoms with Crippen molar-refractivity contribution in [3.8, 4) is 0 Å². The Balaban J connectivity index is 2.11. The maximum Gasteiger partial charge on any atom is 0.00387 e. The Morgan fingerprint density at radius 1 is 1.00 bits per heavy atom. The summed E-state index contributed by atoms with van der Waals surface area (Å²) in [6.07, 6.45) is 3.77. The fourth-order valence-electron chi connectivity index (χ4n) is 2.41. The Hall–Kier alpha value is -0.820. The molecule has 0 bridgehead atoms. The normalized spacial score (nSPS) is 18.3. The lowest BCUT2D eigenvalue weighted by atomic mass is 9.98. The molecule has 2 rings (SSSR count). The van der Waals surface area contributed by atoms with Gasteiger partial charge in [0.25, 0.3) is 0 Å². The first kappa shape index (κ1) is 10.7. The highest BCUT2D eigenvalue weighted by Gasteiger charge is 2.13. The van der Waals surface area contributed by atoms with Crippen LogP contribution >= 0.6 is 0 Å². The van der Waals surface area contributed by atoms with Crippen molar-refractivity contribution in [2.24, 2.45) is 0 Å². The average molecular weight is 203 g/mol. The molecule has 1 heteroatoms. The Kier molecular flexibility index (Phi) is 3.42. The smallest absolute Gasteiger partial charge is 0.00387 e. The second kappa shape index (κ2) is 4.80. The van der Waals surface area contributed by atoms with E-state index in [1.54, 1.807) is 11.1 Å². The van der Waals surface area contributed by atoms with Gasteiger partial charge < -0.3 is 4.90 Å². The van der Waals surface area contributed by atoms with Gasteiger partial charge in [0.1, 0.15) is 0 Å². The highest BCUT2D eigenvalue weighted by atomic mass is 15.1. The van der Waals surface area contributed by atoms with E-state index in [1.165, 1.54) is 32.4 Å². The van der Waals surface area contributed by atoms with E-state index in [2.05, 4.69) is 43.0 Å². The van der Waals surface area contributed by atoms with Crippen LogP contribution in [-0.2, 0) is 12.8 Å². The van der Waals surface area contributed by atoms with Crippen molar-refractivity contribution in [2.75, 3.05) is 13.1 Å². The second-order valence-electron chi connectivity index (χ2n) is 4.75. The number of hydrogen-bond donors (Lipinski definition) is 0. The third kappa shape index (κ3) is 2.60. The molecule has 0 saturated heterocycles. The molecule has 0 saturated carbocycles. The van der Waals surface area contributed by atoms with Gasteiger partial charge in [0, 0.05) is 12.6 Å². The summed E-state index contributed by atoms with van der Waals surface area (Å²) in [7, 11) is 0. The molecule has 0 amide bonds. The fraction of sp³-hybridized carbons (Fsp3) is 0.571. The van der Waals surface area contributed by atoms with Gasteiger partial charge in [-0.05, 0) is 50.8 Å². The van der Waals surface area contributed by atoms with Crippen molar-refractivity contribution in [3.05, 3.63) is 35.4 Å². The molecule has 0 fully saturated rings. The van der Waals surface area contributed by atoms with Crippen molar-refractivity contribution < 1.29 is 0 Å². The molecule has 1 heterocycles. The molecule has 15 heavy (non-hydrogen) atoms. The van der Waals surface area contributed by atoms with Crippen LogP contribution in [-0.4, -0.2) is 24.0 Å². The molecule has 0 aromatic heterocycles. The van der Waals surface area contributed by atoms with E-state index in [0.29, 0.717) is 6.04 Å². The minimum Gasteiger partial charge on any atom is -0.301 e. The minimum atomic E-state index is 0.690. The van der Waals surface area contributed by atoms with Crippen LogP contribution in [0.25, 0.3) is 0 Å². The fourth-order valence-corrected chi connectivity index (χ4v) is 2.41. The number of hydrogen-bond acceptors (Lipinski definition) is 1. The summed E-state index contributed by atoms with van der Waals surface area (Å²) in [5.41, 5.74) is 3.13. The minimum absolute atomic E-state index is 0.690. The zero-order valence-corrected chi connectivity index (χ0v) is 9.87. The summed E-state index contributed by atoms with van der Waals surface area (Å²) in [4.78, 5) is 2.59. The topological polar surface area (TPSA) is 3.24 Å². The Morgan fingerprint density at radius 3 is 2.33 bits per heavy atom. The van der Waals surface area contributed by atoms with Gasteiger partial charge in [-0.3, -0.25) is 0 Å². The zero-order valence-electron chi connectivity index (χ0n) is 9.87. The van der Waals surface area contributed by atoms with Crippen LogP contribution in [0.1, 0.15) is 31.4 Å². The van der Waals surface area contributed by atoms with E-state index in [4.69, 9.17) is 0 Å². The number of nitrogens with zero attached hydrogens (tertiary/aromatic N) is 1. The molecule has 1 aliphatic rings. The van der Waals surface area contributed by atoms with Crippen LogP contribution in [0.3, 0.4) is 0 Å². The van der Waals surface area contributed by atoms with Crippen molar-refractivity contribution in [2.45, 2.75) is 39.2 Å². The average Bonchev–Trinajstić information content (AvgIpc) is 2.18. The molecule has 1 aliphatic heterocycles. The van der Waals surface area contributed by atoms with Crippen molar-refractivity contribution in [1.29, 1.82) is 0 Å². The molecule has 0 N–H and O–H groups in total. The number of aryl methyl sites for hydroxylation is 1. The van der Waals surface area contributed by atoms with Gasteiger partial charge in [-0.25, -0.2) is 0 Å². The van der Waals surface area contributed by atoms with E-state index in [-0.39, 0.29) is 0 Å². The molecule has 1 nitrogen and oxygen atoms in total. The molecular formula is C14H21N. The van der Waals surface area contributed by atoms with Gasteiger partial charge in [0.05, 0.1) is 0 Å². The molecule has 0 atom stereocenters.